The molecule has 280 valence electrons. The van der Waals surface area contributed by atoms with E-state index in [9.17, 15) is 10.1 Å². The minimum absolute atomic E-state index is 0. The van der Waals surface area contributed by atoms with Crippen molar-refractivity contribution in [3.63, 3.8) is 0 Å². The molecule has 2 fully saturated rings. The summed E-state index contributed by atoms with van der Waals surface area (Å²) in [5.74, 6) is 2.86. The van der Waals surface area contributed by atoms with Crippen molar-refractivity contribution in [2.24, 2.45) is 0 Å². The summed E-state index contributed by atoms with van der Waals surface area (Å²) >= 11 is 6.95. The second-order valence-electron chi connectivity index (χ2n) is 13.3. The van der Waals surface area contributed by atoms with Gasteiger partial charge >= 0.3 is 0 Å². The van der Waals surface area contributed by atoms with Gasteiger partial charge in [-0.3, -0.25) is 9.69 Å². The van der Waals surface area contributed by atoms with Gasteiger partial charge in [-0.2, -0.15) is 5.26 Å². The topological polar surface area (TPSA) is 96.3 Å². The Bertz CT molecular complexity index is 1930. The lowest BCUT2D eigenvalue weighted by molar-refractivity contribution is -0.139. The van der Waals surface area contributed by atoms with E-state index in [4.69, 9.17) is 30.5 Å². The summed E-state index contributed by atoms with van der Waals surface area (Å²) in [6.45, 7) is 8.21. The number of ether oxygens (including phenoxy) is 4. The van der Waals surface area contributed by atoms with Crippen LogP contribution in [0.15, 0.2) is 72.8 Å². The summed E-state index contributed by atoms with van der Waals surface area (Å²) in [6, 6.07) is 25.4. The van der Waals surface area contributed by atoms with E-state index in [1.807, 2.05) is 53.4 Å². The molecule has 7 rings (SSSR count). The van der Waals surface area contributed by atoms with Gasteiger partial charge in [0.15, 0.2) is 11.5 Å². The molecule has 1 amide bonds. The smallest absolute Gasteiger partial charge is 0.240 e. The minimum Gasteiger partial charge on any atom is -0.488 e. The number of halogens is 3. The largest absolute Gasteiger partial charge is 0.488 e. The zero-order valence-corrected chi connectivity index (χ0v) is 32.2. The van der Waals surface area contributed by atoms with Gasteiger partial charge in [-0.25, -0.2) is 0 Å². The Morgan fingerprint density at radius 2 is 1.66 bits per heavy atom. The van der Waals surface area contributed by atoms with Crippen molar-refractivity contribution in [2.45, 2.75) is 52.0 Å². The quantitative estimate of drug-likeness (QED) is 0.175. The molecule has 4 aromatic carbocycles. The molecule has 4 aromatic rings. The molecule has 0 radical (unpaired) electrons. The Labute approximate surface area is 328 Å². The highest BCUT2D eigenvalue weighted by molar-refractivity contribution is 6.32. The van der Waals surface area contributed by atoms with Crippen LogP contribution in [0.25, 0.3) is 11.1 Å². The van der Waals surface area contributed by atoms with Crippen molar-refractivity contribution < 1.29 is 23.7 Å². The fourth-order valence-electron chi connectivity index (χ4n) is 7.13. The molecule has 3 heterocycles. The highest BCUT2D eigenvalue weighted by atomic mass is 35.5. The number of carbonyl (C=O) groups excluding carboxylic acids is 1. The zero-order valence-electron chi connectivity index (χ0n) is 29.8. The average molecular weight is 780 g/mol. The van der Waals surface area contributed by atoms with Crippen LogP contribution in [0.1, 0.15) is 47.1 Å². The number of piperazine rings is 1. The molecule has 2 saturated heterocycles. The highest BCUT2D eigenvalue weighted by Gasteiger charge is 2.33. The monoisotopic (exact) mass is 778 g/mol. The van der Waals surface area contributed by atoms with E-state index < -0.39 is 0 Å². The SMILES string of the molecule is Cc1c(COc2cc(OCc3cccc(C#N)c3)c(CN3CCCCC3C(=O)N3CCNCC3)cc2Cl)cccc1-c1ccc2c(c1)OCCO2.Cl.Cl. The van der Waals surface area contributed by atoms with E-state index in [2.05, 4.69) is 41.4 Å². The van der Waals surface area contributed by atoms with E-state index in [0.29, 0.717) is 48.5 Å². The normalized spacial score (nSPS) is 16.8. The third kappa shape index (κ3) is 9.50. The molecule has 0 aliphatic carbocycles. The predicted octanol–water partition coefficient (Wildman–Crippen LogP) is 7.75. The number of likely N-dealkylation sites (tertiary alicyclic amines) is 1. The number of piperidine rings is 1. The van der Waals surface area contributed by atoms with Crippen molar-refractivity contribution in [2.75, 3.05) is 45.9 Å². The molecular formula is C41H45Cl3N4O5. The summed E-state index contributed by atoms with van der Waals surface area (Å²) in [7, 11) is 0. The van der Waals surface area contributed by atoms with Crippen molar-refractivity contribution in [1.82, 2.24) is 15.1 Å². The van der Waals surface area contributed by atoms with Gasteiger partial charge in [0.1, 0.15) is 37.9 Å². The molecular weight excluding hydrogens is 735 g/mol. The number of nitrogens with one attached hydrogen (secondary N) is 1. The second-order valence-corrected chi connectivity index (χ2v) is 13.7. The molecule has 1 N–H and O–H groups in total. The number of hydrogen-bond donors (Lipinski definition) is 1. The first kappa shape index (κ1) is 40.0. The zero-order chi connectivity index (χ0) is 35.2. The second kappa shape index (κ2) is 18.7. The fraction of sp³-hybridized carbons (Fsp3) is 0.366. The highest BCUT2D eigenvalue weighted by Crippen LogP contribution is 2.38. The van der Waals surface area contributed by atoms with Crippen LogP contribution < -0.4 is 24.3 Å². The summed E-state index contributed by atoms with van der Waals surface area (Å²) in [4.78, 5) is 18.0. The third-order valence-corrected chi connectivity index (χ3v) is 10.2. The third-order valence-electron chi connectivity index (χ3n) is 9.95. The average Bonchev–Trinajstić information content (AvgIpc) is 3.18. The van der Waals surface area contributed by atoms with Gasteiger partial charge < -0.3 is 29.2 Å². The Kier molecular flexibility index (Phi) is 14.1. The standard InChI is InChI=1S/C41H43ClN4O5.2ClH/c1-28-32(8-5-9-34(28)31-11-12-37-40(22-31)49-19-18-48-37)27-51-39-23-38(50-26-30-7-4-6-29(20-30)24-43)33(21-35(39)42)25-46-15-3-2-10-36(46)41(47)45-16-13-44-14-17-45;;/h4-9,11-12,20-23,36,44H,2-3,10,13-19,25-27H2,1H3;2*1H. The maximum absolute atomic E-state index is 13.7. The fourth-order valence-corrected chi connectivity index (χ4v) is 7.37. The predicted molar refractivity (Wildman–Crippen MR) is 211 cm³/mol. The number of benzene rings is 4. The first-order valence-corrected chi connectivity index (χ1v) is 18.1. The minimum atomic E-state index is -0.184. The van der Waals surface area contributed by atoms with Crippen molar-refractivity contribution in [3.05, 3.63) is 106 Å². The number of nitriles is 1. The molecule has 0 saturated carbocycles. The Balaban J connectivity index is 0.00000271. The molecule has 0 spiro atoms. The Hall–Kier alpha value is -4.17. The van der Waals surface area contributed by atoms with E-state index in [0.717, 1.165) is 96.9 Å². The first-order valence-electron chi connectivity index (χ1n) is 17.8. The van der Waals surface area contributed by atoms with Crippen LogP contribution >= 0.6 is 36.4 Å². The van der Waals surface area contributed by atoms with E-state index in [1.54, 1.807) is 6.07 Å². The summed E-state index contributed by atoms with van der Waals surface area (Å²) in [6.07, 6.45) is 2.89. The van der Waals surface area contributed by atoms with Gasteiger partial charge in [0.2, 0.25) is 5.91 Å². The molecule has 9 nitrogen and oxygen atoms in total. The number of rotatable bonds is 10. The van der Waals surface area contributed by atoms with Crippen molar-refractivity contribution in [1.29, 1.82) is 5.26 Å². The van der Waals surface area contributed by atoms with Gasteiger partial charge in [0, 0.05) is 44.4 Å². The molecule has 3 aliphatic rings. The molecule has 1 unspecified atom stereocenters. The number of carbonyl (C=O) groups is 1. The Morgan fingerprint density at radius 1 is 0.887 bits per heavy atom. The van der Waals surface area contributed by atoms with Crippen LogP contribution in [0.2, 0.25) is 5.02 Å². The van der Waals surface area contributed by atoms with Crippen molar-refractivity contribution >= 4 is 42.3 Å². The van der Waals surface area contributed by atoms with Gasteiger partial charge in [0.25, 0.3) is 0 Å². The first-order chi connectivity index (χ1) is 25.0. The van der Waals surface area contributed by atoms with Crippen LogP contribution in [0, 0.1) is 18.3 Å². The number of hydrogen-bond acceptors (Lipinski definition) is 8. The van der Waals surface area contributed by atoms with Gasteiger partial charge in [0.05, 0.1) is 22.7 Å². The summed E-state index contributed by atoms with van der Waals surface area (Å²) in [5.41, 5.74) is 6.61. The molecule has 12 heteroatoms. The molecule has 0 aromatic heterocycles. The van der Waals surface area contributed by atoms with Gasteiger partial charge in [-0.1, -0.05) is 54.4 Å². The van der Waals surface area contributed by atoms with Crippen LogP contribution in [0.3, 0.4) is 0 Å². The summed E-state index contributed by atoms with van der Waals surface area (Å²) < 4.78 is 24.4. The number of nitrogens with zero attached hydrogens (tertiary/aromatic N) is 3. The maximum Gasteiger partial charge on any atom is 0.240 e. The van der Waals surface area contributed by atoms with E-state index in [1.165, 1.54) is 0 Å². The lowest BCUT2D eigenvalue weighted by atomic mass is 9.96. The van der Waals surface area contributed by atoms with E-state index in [-0.39, 0.29) is 43.4 Å². The van der Waals surface area contributed by atoms with Gasteiger partial charge in [-0.15, -0.1) is 24.8 Å². The molecule has 0 bridgehead atoms. The maximum atomic E-state index is 13.7. The lowest BCUT2D eigenvalue weighted by Crippen LogP contribution is -2.55. The van der Waals surface area contributed by atoms with Crippen LogP contribution in [0.4, 0.5) is 0 Å². The lowest BCUT2D eigenvalue weighted by Gasteiger charge is -2.39. The van der Waals surface area contributed by atoms with Crippen molar-refractivity contribution in [3.8, 4) is 40.2 Å². The van der Waals surface area contributed by atoms with Gasteiger partial charge in [-0.05, 0) is 84.5 Å². The Morgan fingerprint density at radius 3 is 2.47 bits per heavy atom. The van der Waals surface area contributed by atoms with Crippen LogP contribution in [-0.2, 0) is 24.6 Å². The molecule has 1 atom stereocenters. The molecule has 53 heavy (non-hydrogen) atoms. The summed E-state index contributed by atoms with van der Waals surface area (Å²) in [5, 5.41) is 13.3. The number of fused-ring (bicyclic) bond motifs is 1. The van der Waals surface area contributed by atoms with Crippen LogP contribution in [-0.4, -0.2) is 67.7 Å². The molecule has 3 aliphatic heterocycles. The van der Waals surface area contributed by atoms with Crippen LogP contribution in [0.5, 0.6) is 23.0 Å². The van der Waals surface area contributed by atoms with E-state index >= 15 is 0 Å². The number of amides is 1.